The molecular formula is C17H22N4O2S. The van der Waals surface area contributed by atoms with E-state index in [1.807, 2.05) is 12.1 Å². The van der Waals surface area contributed by atoms with Gasteiger partial charge in [0, 0.05) is 12.6 Å². The molecule has 1 aliphatic heterocycles. The van der Waals surface area contributed by atoms with Crippen molar-refractivity contribution < 1.29 is 8.42 Å². The number of aromatic nitrogens is 3. The van der Waals surface area contributed by atoms with Gasteiger partial charge in [0.05, 0.1) is 23.8 Å². The standard InChI is InChI=1S/C17H22N4O2S/c22-24(23,17-8-7-14-4-1-2-5-15(14)12-17)20-11-3-6-16(20)13-21-18-9-10-19-21/h7-10,12,16H,1-6,11,13H2. The van der Waals surface area contributed by atoms with Crippen molar-refractivity contribution in [1.29, 1.82) is 0 Å². The first-order valence-electron chi connectivity index (χ1n) is 8.62. The zero-order valence-electron chi connectivity index (χ0n) is 13.6. The number of aryl methyl sites for hydroxylation is 2. The Morgan fingerprint density at radius 3 is 2.58 bits per heavy atom. The van der Waals surface area contributed by atoms with Gasteiger partial charge < -0.3 is 0 Å². The van der Waals surface area contributed by atoms with Crippen molar-refractivity contribution in [2.45, 2.75) is 56.0 Å². The van der Waals surface area contributed by atoms with Gasteiger partial charge in [0.25, 0.3) is 0 Å². The number of hydrogen-bond donors (Lipinski definition) is 0. The zero-order valence-corrected chi connectivity index (χ0v) is 14.5. The molecule has 1 atom stereocenters. The first-order valence-corrected chi connectivity index (χ1v) is 10.1. The van der Waals surface area contributed by atoms with Crippen LogP contribution in [0.1, 0.15) is 36.8 Å². The molecule has 0 bridgehead atoms. The van der Waals surface area contributed by atoms with Crippen molar-refractivity contribution in [3.63, 3.8) is 0 Å². The summed E-state index contributed by atoms with van der Waals surface area (Å²) in [6, 6.07) is 5.60. The van der Waals surface area contributed by atoms with Gasteiger partial charge in [-0.3, -0.25) is 0 Å². The Morgan fingerprint density at radius 1 is 1.04 bits per heavy atom. The van der Waals surface area contributed by atoms with Crippen LogP contribution in [0.4, 0.5) is 0 Å². The second-order valence-corrected chi connectivity index (χ2v) is 8.52. The van der Waals surface area contributed by atoms with E-state index < -0.39 is 10.0 Å². The molecule has 0 radical (unpaired) electrons. The molecule has 2 heterocycles. The molecular weight excluding hydrogens is 324 g/mol. The second kappa shape index (κ2) is 6.29. The van der Waals surface area contributed by atoms with Gasteiger partial charge in [-0.25, -0.2) is 8.42 Å². The molecule has 2 aliphatic rings. The van der Waals surface area contributed by atoms with E-state index in [0.29, 0.717) is 18.0 Å². The van der Waals surface area contributed by atoms with Crippen LogP contribution in [0.3, 0.4) is 0 Å². The monoisotopic (exact) mass is 346 g/mol. The molecule has 0 spiro atoms. The highest BCUT2D eigenvalue weighted by molar-refractivity contribution is 7.89. The molecule has 0 N–H and O–H groups in total. The highest BCUT2D eigenvalue weighted by Crippen LogP contribution is 2.30. The van der Waals surface area contributed by atoms with Crippen molar-refractivity contribution in [2.24, 2.45) is 0 Å². The van der Waals surface area contributed by atoms with Crippen LogP contribution in [0, 0.1) is 0 Å². The Kier molecular flexibility index (Phi) is 4.14. The Labute approximate surface area is 142 Å². The maximum atomic E-state index is 13.1. The molecule has 0 saturated carbocycles. The van der Waals surface area contributed by atoms with Crippen LogP contribution in [0.15, 0.2) is 35.5 Å². The van der Waals surface area contributed by atoms with Gasteiger partial charge in [-0.05, 0) is 61.8 Å². The van der Waals surface area contributed by atoms with Crippen LogP contribution in [-0.2, 0) is 29.4 Å². The predicted octanol–water partition coefficient (Wildman–Crippen LogP) is 2.01. The van der Waals surface area contributed by atoms with Crippen molar-refractivity contribution in [3.8, 4) is 0 Å². The van der Waals surface area contributed by atoms with Crippen molar-refractivity contribution in [1.82, 2.24) is 19.3 Å². The van der Waals surface area contributed by atoms with Crippen molar-refractivity contribution in [3.05, 3.63) is 41.7 Å². The van der Waals surface area contributed by atoms with Gasteiger partial charge in [0.1, 0.15) is 0 Å². The second-order valence-electron chi connectivity index (χ2n) is 6.63. The van der Waals surface area contributed by atoms with E-state index in [9.17, 15) is 8.42 Å². The molecule has 1 aromatic carbocycles. The van der Waals surface area contributed by atoms with Gasteiger partial charge in [0.2, 0.25) is 10.0 Å². The summed E-state index contributed by atoms with van der Waals surface area (Å²) in [7, 11) is -3.46. The van der Waals surface area contributed by atoms with Gasteiger partial charge in [-0.15, -0.1) is 0 Å². The molecule has 1 fully saturated rings. The fourth-order valence-electron chi connectivity index (χ4n) is 3.84. The zero-order chi connectivity index (χ0) is 16.6. The largest absolute Gasteiger partial charge is 0.243 e. The van der Waals surface area contributed by atoms with E-state index >= 15 is 0 Å². The lowest BCUT2D eigenvalue weighted by Gasteiger charge is -2.25. The first-order chi connectivity index (χ1) is 11.6. The molecule has 6 nitrogen and oxygen atoms in total. The lowest BCUT2D eigenvalue weighted by molar-refractivity contribution is 0.325. The summed E-state index contributed by atoms with van der Waals surface area (Å²) in [6.45, 7) is 1.09. The maximum absolute atomic E-state index is 13.1. The third kappa shape index (κ3) is 2.86. The maximum Gasteiger partial charge on any atom is 0.243 e. The molecule has 7 heteroatoms. The molecule has 1 aliphatic carbocycles. The number of benzene rings is 1. The molecule has 1 saturated heterocycles. The van der Waals surface area contributed by atoms with Gasteiger partial charge >= 0.3 is 0 Å². The summed E-state index contributed by atoms with van der Waals surface area (Å²) < 4.78 is 27.9. The van der Waals surface area contributed by atoms with Gasteiger partial charge in [-0.1, -0.05) is 6.07 Å². The summed E-state index contributed by atoms with van der Waals surface area (Å²) in [5.74, 6) is 0. The molecule has 24 heavy (non-hydrogen) atoms. The van der Waals surface area contributed by atoms with Crippen LogP contribution in [0.5, 0.6) is 0 Å². The highest BCUT2D eigenvalue weighted by atomic mass is 32.2. The highest BCUT2D eigenvalue weighted by Gasteiger charge is 2.36. The van der Waals surface area contributed by atoms with Gasteiger partial charge in [-0.2, -0.15) is 19.3 Å². The van der Waals surface area contributed by atoms with Gasteiger partial charge in [0.15, 0.2) is 0 Å². The Hall–Kier alpha value is -1.73. The van der Waals surface area contributed by atoms with Crippen LogP contribution in [0.2, 0.25) is 0 Å². The van der Waals surface area contributed by atoms with Crippen molar-refractivity contribution in [2.75, 3.05) is 6.54 Å². The normalized spacial score (nSPS) is 21.8. The third-order valence-corrected chi connectivity index (χ3v) is 7.04. The number of hydrogen-bond acceptors (Lipinski definition) is 4. The van der Waals surface area contributed by atoms with E-state index in [1.165, 1.54) is 17.5 Å². The van der Waals surface area contributed by atoms with E-state index in [0.717, 1.165) is 32.1 Å². The topological polar surface area (TPSA) is 68.1 Å². The Morgan fingerprint density at radius 2 is 1.79 bits per heavy atom. The molecule has 1 aromatic heterocycles. The molecule has 0 amide bonds. The molecule has 2 aromatic rings. The quantitative estimate of drug-likeness (QED) is 0.849. The van der Waals surface area contributed by atoms with Crippen LogP contribution < -0.4 is 0 Å². The third-order valence-electron chi connectivity index (χ3n) is 5.09. The number of rotatable bonds is 4. The minimum Gasteiger partial charge on any atom is -0.207 e. The van der Waals surface area contributed by atoms with Crippen LogP contribution in [0.25, 0.3) is 0 Å². The summed E-state index contributed by atoms with van der Waals surface area (Å²) >= 11 is 0. The Bertz CT molecular complexity index is 817. The lowest BCUT2D eigenvalue weighted by atomic mass is 9.92. The van der Waals surface area contributed by atoms with E-state index in [-0.39, 0.29) is 6.04 Å². The number of nitrogens with zero attached hydrogens (tertiary/aromatic N) is 4. The smallest absolute Gasteiger partial charge is 0.207 e. The van der Waals surface area contributed by atoms with Crippen LogP contribution >= 0.6 is 0 Å². The summed E-state index contributed by atoms with van der Waals surface area (Å²) in [5, 5.41) is 8.22. The van der Waals surface area contributed by atoms with E-state index in [2.05, 4.69) is 10.2 Å². The fourth-order valence-corrected chi connectivity index (χ4v) is 5.58. The SMILES string of the molecule is O=S(=O)(c1ccc2c(c1)CCCC2)N1CCCC1Cn1nccn1. The lowest BCUT2D eigenvalue weighted by Crippen LogP contribution is -2.38. The molecule has 4 rings (SSSR count). The minimum absolute atomic E-state index is 0.0709. The number of sulfonamides is 1. The summed E-state index contributed by atoms with van der Waals surface area (Å²) in [4.78, 5) is 2.01. The van der Waals surface area contributed by atoms with Crippen molar-refractivity contribution >= 4 is 10.0 Å². The van der Waals surface area contributed by atoms with E-state index in [1.54, 1.807) is 27.6 Å². The summed E-state index contributed by atoms with van der Waals surface area (Å²) in [5.41, 5.74) is 2.51. The molecule has 1 unspecified atom stereocenters. The first kappa shape index (κ1) is 15.8. The number of fused-ring (bicyclic) bond motifs is 1. The Balaban J connectivity index is 1.61. The molecule has 128 valence electrons. The summed E-state index contributed by atoms with van der Waals surface area (Å²) in [6.07, 6.45) is 9.38. The van der Waals surface area contributed by atoms with E-state index in [4.69, 9.17) is 0 Å². The predicted molar refractivity (Wildman–Crippen MR) is 90.0 cm³/mol. The fraction of sp³-hybridized carbons (Fsp3) is 0.529. The van der Waals surface area contributed by atoms with Crippen LogP contribution in [-0.4, -0.2) is 40.3 Å². The average Bonchev–Trinajstić information content (AvgIpc) is 3.27. The minimum atomic E-state index is -3.46. The average molecular weight is 346 g/mol.